The van der Waals surface area contributed by atoms with E-state index in [1.165, 1.54) is 5.56 Å². The predicted molar refractivity (Wildman–Crippen MR) is 101 cm³/mol. The molecule has 0 atom stereocenters. The summed E-state index contributed by atoms with van der Waals surface area (Å²) in [7, 11) is 0. The highest BCUT2D eigenvalue weighted by Crippen LogP contribution is 2.15. The summed E-state index contributed by atoms with van der Waals surface area (Å²) in [5, 5.41) is 0.595. The maximum absolute atomic E-state index is 12.7. The van der Waals surface area contributed by atoms with E-state index in [1.807, 2.05) is 41.1 Å². The second-order valence-electron chi connectivity index (χ2n) is 5.80. The maximum Gasteiger partial charge on any atom is 0.261 e. The number of rotatable bonds is 4. The van der Waals surface area contributed by atoms with Crippen LogP contribution in [-0.2, 0) is 13.1 Å². The van der Waals surface area contributed by atoms with E-state index in [0.29, 0.717) is 17.4 Å². The molecule has 0 aliphatic rings. The van der Waals surface area contributed by atoms with Gasteiger partial charge in [0, 0.05) is 23.4 Å². The molecule has 0 aliphatic heterocycles. The van der Waals surface area contributed by atoms with Crippen molar-refractivity contribution < 1.29 is 0 Å². The van der Waals surface area contributed by atoms with Crippen molar-refractivity contribution in [2.75, 3.05) is 0 Å². The number of imidazole rings is 1. The number of hydrogen-bond acceptors (Lipinski definition) is 3. The van der Waals surface area contributed by atoms with Crippen LogP contribution in [0.15, 0.2) is 76.5 Å². The Bertz CT molecular complexity index is 1090. The molecule has 2 heterocycles. The van der Waals surface area contributed by atoms with Crippen LogP contribution in [0.5, 0.6) is 0 Å². The second kappa shape index (κ2) is 6.64. The fourth-order valence-electron chi connectivity index (χ4n) is 2.81. The van der Waals surface area contributed by atoms with Gasteiger partial charge in [-0.25, -0.2) is 9.97 Å². The average molecular weight is 395 g/mol. The monoisotopic (exact) mass is 394 g/mol. The molecule has 6 heteroatoms. The Hall–Kier alpha value is -2.73. The van der Waals surface area contributed by atoms with Gasteiger partial charge in [-0.15, -0.1) is 0 Å². The lowest BCUT2D eigenvalue weighted by molar-refractivity contribution is 0.648. The Balaban J connectivity index is 1.67. The van der Waals surface area contributed by atoms with E-state index in [4.69, 9.17) is 0 Å². The first-order valence-corrected chi connectivity index (χ1v) is 8.68. The molecule has 0 radical (unpaired) electrons. The first kappa shape index (κ1) is 15.8. The molecule has 4 rings (SSSR count). The van der Waals surface area contributed by atoms with Crippen molar-refractivity contribution in [2.45, 2.75) is 13.1 Å². The zero-order chi connectivity index (χ0) is 17.2. The average Bonchev–Trinajstić information content (AvgIpc) is 3.05. The van der Waals surface area contributed by atoms with Crippen LogP contribution >= 0.6 is 15.9 Å². The highest BCUT2D eigenvalue weighted by Gasteiger charge is 2.09. The summed E-state index contributed by atoms with van der Waals surface area (Å²) < 4.78 is 4.51. The van der Waals surface area contributed by atoms with E-state index in [0.717, 1.165) is 16.8 Å². The number of hydrogen-bond donors (Lipinski definition) is 0. The number of nitrogens with zero attached hydrogens (tertiary/aromatic N) is 4. The smallest absolute Gasteiger partial charge is 0.261 e. The van der Waals surface area contributed by atoms with Gasteiger partial charge < -0.3 is 4.57 Å². The summed E-state index contributed by atoms with van der Waals surface area (Å²) in [4.78, 5) is 21.5. The van der Waals surface area contributed by atoms with Crippen molar-refractivity contribution >= 4 is 26.8 Å². The van der Waals surface area contributed by atoms with Crippen LogP contribution in [0.3, 0.4) is 0 Å². The van der Waals surface area contributed by atoms with E-state index in [9.17, 15) is 4.79 Å². The van der Waals surface area contributed by atoms with Crippen LogP contribution in [0.25, 0.3) is 10.9 Å². The molecule has 0 spiro atoms. The first-order chi connectivity index (χ1) is 12.2. The molecule has 0 aliphatic carbocycles. The van der Waals surface area contributed by atoms with E-state index in [1.54, 1.807) is 23.2 Å². The zero-order valence-corrected chi connectivity index (χ0v) is 14.9. The van der Waals surface area contributed by atoms with Gasteiger partial charge >= 0.3 is 0 Å². The van der Waals surface area contributed by atoms with Gasteiger partial charge in [0.1, 0.15) is 5.82 Å². The lowest BCUT2D eigenvalue weighted by Gasteiger charge is -2.10. The summed E-state index contributed by atoms with van der Waals surface area (Å²) in [5.41, 5.74) is 1.81. The van der Waals surface area contributed by atoms with Crippen LogP contribution in [0.1, 0.15) is 11.4 Å². The number of benzene rings is 2. The largest absolute Gasteiger partial charge is 0.329 e. The molecule has 0 fully saturated rings. The molecule has 0 N–H and O–H groups in total. The fourth-order valence-corrected chi connectivity index (χ4v) is 3.17. The van der Waals surface area contributed by atoms with Gasteiger partial charge in [0.2, 0.25) is 0 Å². The molecule has 0 bridgehead atoms. The van der Waals surface area contributed by atoms with Crippen LogP contribution in [0, 0.1) is 0 Å². The Kier molecular flexibility index (Phi) is 4.19. The van der Waals surface area contributed by atoms with E-state index in [-0.39, 0.29) is 5.56 Å². The van der Waals surface area contributed by atoms with Crippen molar-refractivity contribution in [2.24, 2.45) is 0 Å². The zero-order valence-electron chi connectivity index (χ0n) is 13.3. The van der Waals surface area contributed by atoms with Gasteiger partial charge in [-0.3, -0.25) is 9.36 Å². The Labute approximate surface area is 152 Å². The molecule has 25 heavy (non-hydrogen) atoms. The van der Waals surface area contributed by atoms with Crippen molar-refractivity contribution in [3.05, 3.63) is 93.5 Å². The predicted octanol–water partition coefficient (Wildman–Crippen LogP) is 3.45. The van der Waals surface area contributed by atoms with Crippen molar-refractivity contribution in [1.29, 1.82) is 0 Å². The Morgan fingerprint density at radius 2 is 1.80 bits per heavy atom. The summed E-state index contributed by atoms with van der Waals surface area (Å²) in [6.07, 6.45) is 5.27. The highest BCUT2D eigenvalue weighted by atomic mass is 79.9. The fraction of sp³-hybridized carbons (Fsp3) is 0.105. The van der Waals surface area contributed by atoms with Gasteiger partial charge in [0.05, 0.1) is 23.8 Å². The highest BCUT2D eigenvalue weighted by molar-refractivity contribution is 9.10. The third kappa shape index (κ3) is 3.25. The summed E-state index contributed by atoms with van der Waals surface area (Å²) in [6.45, 7) is 1.10. The number of halogens is 1. The normalized spacial score (nSPS) is 11.1. The van der Waals surface area contributed by atoms with Crippen LogP contribution in [0.2, 0.25) is 0 Å². The van der Waals surface area contributed by atoms with Gasteiger partial charge in [-0.2, -0.15) is 0 Å². The van der Waals surface area contributed by atoms with Gasteiger partial charge in [0.15, 0.2) is 0 Å². The van der Waals surface area contributed by atoms with E-state index < -0.39 is 0 Å². The van der Waals surface area contributed by atoms with Crippen molar-refractivity contribution in [3.63, 3.8) is 0 Å². The van der Waals surface area contributed by atoms with Gasteiger partial charge in [-0.05, 0) is 23.8 Å². The standard InChI is InChI=1S/C19H15BrN4O/c20-15-6-7-17-16(10-15)19(25)24(13-22-17)12-18-21-8-9-23(18)11-14-4-2-1-3-5-14/h1-10,13H,11-12H2. The first-order valence-electron chi connectivity index (χ1n) is 7.89. The molecular weight excluding hydrogens is 380 g/mol. The van der Waals surface area contributed by atoms with E-state index in [2.05, 4.69) is 38.0 Å². The van der Waals surface area contributed by atoms with Crippen LogP contribution < -0.4 is 5.56 Å². The van der Waals surface area contributed by atoms with Crippen molar-refractivity contribution in [1.82, 2.24) is 19.1 Å². The minimum Gasteiger partial charge on any atom is -0.329 e. The quantitative estimate of drug-likeness (QED) is 0.532. The second-order valence-corrected chi connectivity index (χ2v) is 6.71. The molecule has 0 saturated carbocycles. The van der Waals surface area contributed by atoms with Gasteiger partial charge in [0.25, 0.3) is 5.56 Å². The minimum atomic E-state index is -0.0689. The molecule has 0 unspecified atom stereocenters. The topological polar surface area (TPSA) is 52.7 Å². The maximum atomic E-state index is 12.7. The number of aromatic nitrogens is 4. The molecule has 2 aromatic carbocycles. The minimum absolute atomic E-state index is 0.0689. The summed E-state index contributed by atoms with van der Waals surface area (Å²) >= 11 is 3.41. The molecule has 124 valence electrons. The molecule has 4 aromatic rings. The molecule has 2 aromatic heterocycles. The van der Waals surface area contributed by atoms with Crippen molar-refractivity contribution in [3.8, 4) is 0 Å². The van der Waals surface area contributed by atoms with E-state index >= 15 is 0 Å². The molecule has 5 nitrogen and oxygen atoms in total. The van der Waals surface area contributed by atoms with Crippen LogP contribution in [0.4, 0.5) is 0 Å². The third-order valence-electron chi connectivity index (χ3n) is 4.10. The lowest BCUT2D eigenvalue weighted by atomic mass is 10.2. The summed E-state index contributed by atoms with van der Waals surface area (Å²) in [6, 6.07) is 15.7. The summed E-state index contributed by atoms with van der Waals surface area (Å²) in [5.74, 6) is 0.821. The molecule has 0 saturated heterocycles. The Morgan fingerprint density at radius 1 is 0.960 bits per heavy atom. The molecule has 0 amide bonds. The van der Waals surface area contributed by atoms with Crippen LogP contribution in [-0.4, -0.2) is 19.1 Å². The number of fused-ring (bicyclic) bond motifs is 1. The third-order valence-corrected chi connectivity index (χ3v) is 4.59. The van der Waals surface area contributed by atoms with Gasteiger partial charge in [-0.1, -0.05) is 46.3 Å². The Morgan fingerprint density at radius 3 is 2.64 bits per heavy atom. The molecular formula is C19H15BrN4O. The lowest BCUT2D eigenvalue weighted by Crippen LogP contribution is -2.23. The SMILES string of the molecule is O=c1c2cc(Br)ccc2ncn1Cc1nccn1Cc1ccccc1.